The van der Waals surface area contributed by atoms with E-state index in [-0.39, 0.29) is 24.2 Å². The predicted molar refractivity (Wildman–Crippen MR) is 140 cm³/mol. The number of carbonyl (C=O) groups is 1. The molecule has 0 spiro atoms. The smallest absolute Gasteiger partial charge is 0.323 e. The minimum absolute atomic E-state index is 0.170. The van der Waals surface area contributed by atoms with Crippen molar-refractivity contribution in [3.05, 3.63) is 48.8 Å². The molecule has 0 saturated carbocycles. The molecule has 2 bridgehead atoms. The Morgan fingerprint density at radius 3 is 2.41 bits per heavy atom. The fraction of sp³-hybridized carbons (Fsp3) is 0.423. The van der Waals surface area contributed by atoms with Crippen LogP contribution < -0.4 is 20.4 Å². The van der Waals surface area contributed by atoms with Crippen LogP contribution in [0.3, 0.4) is 0 Å². The summed E-state index contributed by atoms with van der Waals surface area (Å²) in [6, 6.07) is 11.5. The molecular weight excluding hydrogens is 472 g/mol. The number of nitrogens with zero attached hydrogens (tertiary/aromatic N) is 6. The zero-order valence-electron chi connectivity index (χ0n) is 20.7. The van der Waals surface area contributed by atoms with Gasteiger partial charge in [0, 0.05) is 24.0 Å². The van der Waals surface area contributed by atoms with E-state index in [0.29, 0.717) is 55.5 Å². The Balaban J connectivity index is 1.27. The van der Waals surface area contributed by atoms with Crippen LogP contribution in [-0.2, 0) is 9.47 Å². The molecule has 3 aliphatic heterocycles. The summed E-state index contributed by atoms with van der Waals surface area (Å²) in [7, 11) is 0. The molecule has 6 rings (SSSR count). The molecule has 3 saturated heterocycles. The van der Waals surface area contributed by atoms with Gasteiger partial charge in [0.2, 0.25) is 11.9 Å². The summed E-state index contributed by atoms with van der Waals surface area (Å²) < 4.78 is 11.4. The first-order valence-corrected chi connectivity index (χ1v) is 12.7. The lowest BCUT2D eigenvalue weighted by Crippen LogP contribution is -2.48. The number of carbonyl (C=O) groups excluding carboxylic acids is 1. The lowest BCUT2D eigenvalue weighted by Gasteiger charge is -2.36. The normalized spacial score (nSPS) is 23.1. The third kappa shape index (κ3) is 5.05. The Hall–Kier alpha value is -3.83. The third-order valence-electron chi connectivity index (χ3n) is 7.03. The van der Waals surface area contributed by atoms with E-state index in [2.05, 4.69) is 32.3 Å². The number of morpholine rings is 2. The molecule has 0 aliphatic carbocycles. The maximum atomic E-state index is 12.4. The van der Waals surface area contributed by atoms with Crippen molar-refractivity contribution in [1.82, 2.24) is 19.9 Å². The Morgan fingerprint density at radius 2 is 1.68 bits per heavy atom. The summed E-state index contributed by atoms with van der Waals surface area (Å²) in [4.78, 5) is 35.6. The van der Waals surface area contributed by atoms with Crippen molar-refractivity contribution in [2.75, 3.05) is 53.4 Å². The molecule has 3 atom stereocenters. The Labute approximate surface area is 215 Å². The standard InChI is InChI=1S/C26H30N8O3/c1-17-14-36-12-11-33(17)24-30-23(31-25(32-24)34-21-8-9-22(34)16-37-15-21)18-4-6-19(7-5-18)28-26(35)29-20-3-2-10-27-13-20/h2-7,10,13,17,21-22H,8-9,11-12,14-16H2,1H3,(H2,28,29,35)/t17-,21?,22?/m1/s1. The summed E-state index contributed by atoms with van der Waals surface area (Å²) >= 11 is 0. The van der Waals surface area contributed by atoms with Gasteiger partial charge in [-0.3, -0.25) is 4.98 Å². The van der Waals surface area contributed by atoms with Gasteiger partial charge in [0.25, 0.3) is 0 Å². The van der Waals surface area contributed by atoms with Crippen LogP contribution in [0.15, 0.2) is 48.8 Å². The van der Waals surface area contributed by atoms with E-state index in [0.717, 1.165) is 24.9 Å². The van der Waals surface area contributed by atoms with Gasteiger partial charge in [-0.25, -0.2) is 4.79 Å². The van der Waals surface area contributed by atoms with Gasteiger partial charge in [-0.1, -0.05) is 0 Å². The molecule has 3 aromatic rings. The van der Waals surface area contributed by atoms with Crippen molar-refractivity contribution in [3.63, 3.8) is 0 Å². The third-order valence-corrected chi connectivity index (χ3v) is 7.03. The van der Waals surface area contributed by atoms with Gasteiger partial charge in [-0.05, 0) is 56.2 Å². The van der Waals surface area contributed by atoms with E-state index in [9.17, 15) is 4.79 Å². The Bertz CT molecular complexity index is 1230. The second-order valence-corrected chi connectivity index (χ2v) is 9.60. The minimum Gasteiger partial charge on any atom is -0.377 e. The zero-order chi connectivity index (χ0) is 25.2. The number of ether oxygens (including phenoxy) is 2. The first kappa shape index (κ1) is 23.6. The van der Waals surface area contributed by atoms with Crippen molar-refractivity contribution in [1.29, 1.82) is 0 Å². The number of aromatic nitrogens is 4. The van der Waals surface area contributed by atoms with Crippen LogP contribution in [-0.4, -0.2) is 77.1 Å². The molecule has 2 amide bonds. The molecule has 0 radical (unpaired) electrons. The number of fused-ring (bicyclic) bond motifs is 2. The fourth-order valence-electron chi connectivity index (χ4n) is 5.14. The van der Waals surface area contributed by atoms with Crippen LogP contribution in [0.25, 0.3) is 11.4 Å². The van der Waals surface area contributed by atoms with Gasteiger partial charge in [0.15, 0.2) is 5.82 Å². The number of benzene rings is 1. The number of amides is 2. The number of pyridine rings is 1. The second kappa shape index (κ2) is 10.3. The number of hydrogen-bond acceptors (Lipinski definition) is 9. The average molecular weight is 503 g/mol. The van der Waals surface area contributed by atoms with Crippen LogP contribution in [0.2, 0.25) is 0 Å². The highest BCUT2D eigenvalue weighted by Crippen LogP contribution is 2.34. The molecule has 2 N–H and O–H groups in total. The highest BCUT2D eigenvalue weighted by Gasteiger charge is 2.39. The molecule has 2 aromatic heterocycles. The molecule has 2 unspecified atom stereocenters. The van der Waals surface area contributed by atoms with E-state index in [4.69, 9.17) is 24.4 Å². The van der Waals surface area contributed by atoms with E-state index < -0.39 is 0 Å². The summed E-state index contributed by atoms with van der Waals surface area (Å²) in [6.45, 7) is 5.53. The largest absolute Gasteiger partial charge is 0.377 e. The van der Waals surface area contributed by atoms with E-state index >= 15 is 0 Å². The van der Waals surface area contributed by atoms with Crippen LogP contribution in [0, 0.1) is 0 Å². The van der Waals surface area contributed by atoms with Gasteiger partial charge in [-0.2, -0.15) is 15.0 Å². The first-order valence-electron chi connectivity index (χ1n) is 12.7. The SMILES string of the molecule is C[C@@H]1COCCN1c1nc(-c2ccc(NC(=O)Nc3cccnc3)cc2)nc(N2C3CCC2COC3)n1. The van der Waals surface area contributed by atoms with Gasteiger partial charge in [-0.15, -0.1) is 0 Å². The van der Waals surface area contributed by atoms with Gasteiger partial charge in [0.05, 0.1) is 56.4 Å². The van der Waals surface area contributed by atoms with Crippen LogP contribution in [0.5, 0.6) is 0 Å². The minimum atomic E-state index is -0.338. The number of anilines is 4. The molecule has 11 nitrogen and oxygen atoms in total. The van der Waals surface area contributed by atoms with E-state index in [1.54, 1.807) is 24.5 Å². The van der Waals surface area contributed by atoms with E-state index in [1.165, 1.54) is 0 Å². The van der Waals surface area contributed by atoms with Crippen molar-refractivity contribution in [3.8, 4) is 11.4 Å². The lowest BCUT2D eigenvalue weighted by molar-refractivity contribution is 0.0895. The first-order chi connectivity index (χ1) is 18.1. The molecule has 3 aliphatic rings. The van der Waals surface area contributed by atoms with Crippen LogP contribution >= 0.6 is 0 Å². The average Bonchev–Trinajstić information content (AvgIpc) is 3.17. The molecule has 192 valence electrons. The van der Waals surface area contributed by atoms with Crippen LogP contribution in [0.1, 0.15) is 19.8 Å². The van der Waals surface area contributed by atoms with E-state index in [1.807, 2.05) is 24.3 Å². The number of nitrogens with one attached hydrogen (secondary N) is 2. The summed E-state index contributed by atoms with van der Waals surface area (Å²) in [5, 5.41) is 5.61. The number of hydrogen-bond donors (Lipinski definition) is 2. The van der Waals surface area contributed by atoms with Gasteiger partial charge < -0.3 is 29.9 Å². The highest BCUT2D eigenvalue weighted by molar-refractivity contribution is 5.99. The fourth-order valence-corrected chi connectivity index (χ4v) is 5.14. The quantitative estimate of drug-likeness (QED) is 0.542. The molecular formula is C26H30N8O3. The van der Waals surface area contributed by atoms with Crippen molar-refractivity contribution >= 4 is 29.3 Å². The van der Waals surface area contributed by atoms with Crippen molar-refractivity contribution in [2.24, 2.45) is 0 Å². The topological polar surface area (TPSA) is 118 Å². The Kier molecular flexibility index (Phi) is 6.54. The summed E-state index contributed by atoms with van der Waals surface area (Å²) in [6.07, 6.45) is 5.41. The van der Waals surface area contributed by atoms with Crippen molar-refractivity contribution in [2.45, 2.75) is 37.9 Å². The number of urea groups is 1. The maximum absolute atomic E-state index is 12.4. The molecule has 1 aromatic carbocycles. The molecule has 5 heterocycles. The van der Waals surface area contributed by atoms with Gasteiger partial charge >= 0.3 is 6.03 Å². The van der Waals surface area contributed by atoms with Gasteiger partial charge in [0.1, 0.15) is 0 Å². The maximum Gasteiger partial charge on any atom is 0.323 e. The predicted octanol–water partition coefficient (Wildman–Crippen LogP) is 3.17. The molecule has 3 fully saturated rings. The monoisotopic (exact) mass is 502 g/mol. The van der Waals surface area contributed by atoms with Crippen molar-refractivity contribution < 1.29 is 14.3 Å². The zero-order valence-corrected chi connectivity index (χ0v) is 20.7. The second-order valence-electron chi connectivity index (χ2n) is 9.60. The Morgan fingerprint density at radius 1 is 0.919 bits per heavy atom. The highest BCUT2D eigenvalue weighted by atomic mass is 16.5. The molecule has 11 heteroatoms. The lowest BCUT2D eigenvalue weighted by atomic mass is 10.2. The summed E-state index contributed by atoms with van der Waals surface area (Å²) in [5.41, 5.74) is 2.13. The molecule has 37 heavy (non-hydrogen) atoms. The van der Waals surface area contributed by atoms with Crippen LogP contribution in [0.4, 0.5) is 28.1 Å². The summed E-state index contributed by atoms with van der Waals surface area (Å²) in [5.74, 6) is 1.98. The number of rotatable bonds is 5.